The van der Waals surface area contributed by atoms with Gasteiger partial charge in [0.05, 0.1) is 17.4 Å². The highest BCUT2D eigenvalue weighted by atomic mass is 35.5. The molecule has 0 bridgehead atoms. The molecule has 1 fully saturated rings. The zero-order valence-electron chi connectivity index (χ0n) is 10.2. The summed E-state index contributed by atoms with van der Waals surface area (Å²) in [5.74, 6) is -0.249. The standard InChI is InChI=1S/C11H16ClN5O/c1-16-2-4-17(5-3-16)15-11(18)8-6-10(12)14-7-9(8)13/h6-7H,2-5,13H2,1H3,(H,15,18). The molecule has 1 aliphatic heterocycles. The molecule has 3 N–H and O–H groups in total. The van der Waals surface area contributed by atoms with Crippen molar-refractivity contribution in [1.82, 2.24) is 20.3 Å². The predicted octanol–water partition coefficient (Wildman–Crippen LogP) is 0.209. The Balaban J connectivity index is 2.01. The summed E-state index contributed by atoms with van der Waals surface area (Å²) in [6, 6.07) is 1.47. The Kier molecular flexibility index (Phi) is 4.00. The van der Waals surface area contributed by atoms with E-state index in [4.69, 9.17) is 17.3 Å². The molecule has 0 unspecified atom stereocenters. The number of carbonyl (C=O) groups excluding carboxylic acids is 1. The third kappa shape index (κ3) is 3.10. The summed E-state index contributed by atoms with van der Waals surface area (Å²) in [6.45, 7) is 3.43. The number of likely N-dealkylation sites (N-methyl/N-ethyl adjacent to an activating group) is 1. The van der Waals surface area contributed by atoms with Crippen molar-refractivity contribution in [1.29, 1.82) is 0 Å². The molecule has 7 heteroatoms. The summed E-state index contributed by atoms with van der Waals surface area (Å²) in [4.78, 5) is 18.1. The second kappa shape index (κ2) is 5.51. The van der Waals surface area contributed by atoms with Crippen LogP contribution in [0.1, 0.15) is 10.4 Å². The zero-order chi connectivity index (χ0) is 13.1. The first-order chi connectivity index (χ1) is 8.56. The number of nitrogens with two attached hydrogens (primary N) is 1. The Morgan fingerprint density at radius 2 is 2.11 bits per heavy atom. The Morgan fingerprint density at radius 1 is 1.44 bits per heavy atom. The van der Waals surface area contributed by atoms with E-state index in [9.17, 15) is 4.79 Å². The normalized spacial score (nSPS) is 17.7. The van der Waals surface area contributed by atoms with Crippen LogP contribution >= 0.6 is 11.6 Å². The third-order valence-electron chi connectivity index (χ3n) is 2.91. The number of hydrogen-bond donors (Lipinski definition) is 2. The van der Waals surface area contributed by atoms with Gasteiger partial charge in [0.25, 0.3) is 5.91 Å². The quantitative estimate of drug-likeness (QED) is 0.751. The smallest absolute Gasteiger partial charge is 0.267 e. The number of aromatic nitrogens is 1. The van der Waals surface area contributed by atoms with Crippen LogP contribution in [0.15, 0.2) is 12.3 Å². The Hall–Kier alpha value is -1.37. The summed E-state index contributed by atoms with van der Waals surface area (Å²) in [5.41, 5.74) is 9.21. The van der Waals surface area contributed by atoms with E-state index in [-0.39, 0.29) is 11.1 Å². The van der Waals surface area contributed by atoms with Crippen molar-refractivity contribution in [2.24, 2.45) is 0 Å². The number of rotatable bonds is 2. The van der Waals surface area contributed by atoms with Gasteiger partial charge in [-0.2, -0.15) is 0 Å². The van der Waals surface area contributed by atoms with E-state index in [0.29, 0.717) is 11.3 Å². The number of pyridine rings is 1. The first-order valence-electron chi connectivity index (χ1n) is 5.72. The van der Waals surface area contributed by atoms with Crippen LogP contribution in [0.2, 0.25) is 5.15 Å². The van der Waals surface area contributed by atoms with Crippen LogP contribution in [-0.2, 0) is 0 Å². The molecular weight excluding hydrogens is 254 g/mol. The van der Waals surface area contributed by atoms with E-state index in [1.165, 1.54) is 12.3 Å². The van der Waals surface area contributed by atoms with Gasteiger partial charge in [0.1, 0.15) is 5.15 Å². The summed E-state index contributed by atoms with van der Waals surface area (Å²) in [6.07, 6.45) is 1.39. The van der Waals surface area contributed by atoms with Gasteiger partial charge in [-0.05, 0) is 13.1 Å². The number of nitrogens with zero attached hydrogens (tertiary/aromatic N) is 3. The third-order valence-corrected chi connectivity index (χ3v) is 3.12. The molecule has 0 radical (unpaired) electrons. The monoisotopic (exact) mass is 269 g/mol. The zero-order valence-corrected chi connectivity index (χ0v) is 10.9. The van der Waals surface area contributed by atoms with Gasteiger partial charge in [0.15, 0.2) is 0 Å². The maximum atomic E-state index is 12.0. The van der Waals surface area contributed by atoms with E-state index in [1.807, 2.05) is 5.01 Å². The number of hydrogen-bond acceptors (Lipinski definition) is 5. The Bertz CT molecular complexity index is 445. The van der Waals surface area contributed by atoms with Crippen LogP contribution in [-0.4, -0.2) is 54.0 Å². The van der Waals surface area contributed by atoms with E-state index in [1.54, 1.807) is 0 Å². The molecule has 0 saturated carbocycles. The van der Waals surface area contributed by atoms with Crippen molar-refractivity contribution in [3.8, 4) is 0 Å². The Morgan fingerprint density at radius 3 is 2.78 bits per heavy atom. The summed E-state index contributed by atoms with van der Waals surface area (Å²) >= 11 is 5.76. The number of anilines is 1. The molecular formula is C11H16ClN5O. The highest BCUT2D eigenvalue weighted by Gasteiger charge is 2.18. The van der Waals surface area contributed by atoms with Crippen LogP contribution in [0.4, 0.5) is 5.69 Å². The number of piperazine rings is 1. The largest absolute Gasteiger partial charge is 0.397 e. The molecule has 0 aliphatic carbocycles. The number of carbonyl (C=O) groups is 1. The second-order valence-corrected chi connectivity index (χ2v) is 4.71. The van der Waals surface area contributed by atoms with Gasteiger partial charge < -0.3 is 10.6 Å². The number of nitrogens with one attached hydrogen (secondary N) is 1. The van der Waals surface area contributed by atoms with Gasteiger partial charge in [-0.3, -0.25) is 10.2 Å². The van der Waals surface area contributed by atoms with Crippen molar-refractivity contribution in [3.05, 3.63) is 23.0 Å². The van der Waals surface area contributed by atoms with E-state index in [2.05, 4.69) is 22.4 Å². The van der Waals surface area contributed by atoms with Crippen LogP contribution < -0.4 is 11.2 Å². The maximum Gasteiger partial charge on any atom is 0.267 e. The van der Waals surface area contributed by atoms with Crippen LogP contribution in [0.5, 0.6) is 0 Å². The predicted molar refractivity (Wildman–Crippen MR) is 70.2 cm³/mol. The Labute approximate surface area is 111 Å². The number of hydrazine groups is 1. The van der Waals surface area contributed by atoms with Crippen LogP contribution in [0.3, 0.4) is 0 Å². The van der Waals surface area contributed by atoms with Gasteiger partial charge in [0, 0.05) is 26.2 Å². The fourth-order valence-electron chi connectivity index (χ4n) is 1.76. The molecule has 1 aromatic rings. The summed E-state index contributed by atoms with van der Waals surface area (Å²) < 4.78 is 0. The molecule has 1 aromatic heterocycles. The van der Waals surface area contributed by atoms with Gasteiger partial charge in [0.2, 0.25) is 0 Å². The molecule has 2 heterocycles. The lowest BCUT2D eigenvalue weighted by molar-refractivity contribution is 0.0663. The molecule has 1 amide bonds. The van der Waals surface area contributed by atoms with Gasteiger partial charge in [-0.15, -0.1) is 0 Å². The molecule has 2 rings (SSSR count). The van der Waals surface area contributed by atoms with Crippen molar-refractivity contribution < 1.29 is 4.79 Å². The summed E-state index contributed by atoms with van der Waals surface area (Å²) in [7, 11) is 2.06. The number of halogens is 1. The lowest BCUT2D eigenvalue weighted by atomic mass is 10.2. The molecule has 1 saturated heterocycles. The minimum Gasteiger partial charge on any atom is -0.397 e. The highest BCUT2D eigenvalue weighted by Crippen LogP contribution is 2.14. The molecule has 98 valence electrons. The first kappa shape index (κ1) is 13.1. The van der Waals surface area contributed by atoms with Gasteiger partial charge in [-0.1, -0.05) is 11.6 Å². The average molecular weight is 270 g/mol. The fourth-order valence-corrected chi connectivity index (χ4v) is 1.92. The maximum absolute atomic E-state index is 12.0. The van der Waals surface area contributed by atoms with E-state index < -0.39 is 0 Å². The molecule has 6 nitrogen and oxygen atoms in total. The SMILES string of the molecule is CN1CCN(NC(=O)c2cc(Cl)ncc2N)CC1. The number of amides is 1. The van der Waals surface area contributed by atoms with Crippen molar-refractivity contribution in [3.63, 3.8) is 0 Å². The van der Waals surface area contributed by atoms with Crippen molar-refractivity contribution in [2.75, 3.05) is 39.0 Å². The summed E-state index contributed by atoms with van der Waals surface area (Å²) in [5, 5.41) is 2.14. The molecule has 1 aliphatic rings. The minimum absolute atomic E-state index is 0.249. The van der Waals surface area contributed by atoms with Crippen molar-refractivity contribution >= 4 is 23.2 Å². The average Bonchev–Trinajstić information content (AvgIpc) is 2.35. The van der Waals surface area contributed by atoms with E-state index in [0.717, 1.165) is 26.2 Å². The van der Waals surface area contributed by atoms with Crippen LogP contribution in [0.25, 0.3) is 0 Å². The van der Waals surface area contributed by atoms with Gasteiger partial charge in [-0.25, -0.2) is 9.99 Å². The topological polar surface area (TPSA) is 74.5 Å². The second-order valence-electron chi connectivity index (χ2n) is 4.33. The number of nitrogen functional groups attached to an aromatic ring is 1. The van der Waals surface area contributed by atoms with Crippen LogP contribution in [0, 0.1) is 0 Å². The van der Waals surface area contributed by atoms with E-state index >= 15 is 0 Å². The fraction of sp³-hybridized carbons (Fsp3) is 0.455. The molecule has 18 heavy (non-hydrogen) atoms. The molecule has 0 aromatic carbocycles. The minimum atomic E-state index is -0.249. The highest BCUT2D eigenvalue weighted by molar-refractivity contribution is 6.29. The van der Waals surface area contributed by atoms with Crippen molar-refractivity contribution in [2.45, 2.75) is 0 Å². The van der Waals surface area contributed by atoms with Gasteiger partial charge >= 0.3 is 0 Å². The lowest BCUT2D eigenvalue weighted by Crippen LogP contribution is -2.52. The molecule has 0 spiro atoms. The first-order valence-corrected chi connectivity index (χ1v) is 6.09. The molecule has 0 atom stereocenters. The lowest BCUT2D eigenvalue weighted by Gasteiger charge is -2.32.